The van der Waals surface area contributed by atoms with Crippen LogP contribution in [0.1, 0.15) is 45.4 Å². The van der Waals surface area contributed by atoms with Crippen LogP contribution in [0.25, 0.3) is 5.82 Å². The minimum Gasteiger partial charge on any atom is -0.381 e. The topological polar surface area (TPSA) is 42.7 Å². The number of pyridine rings is 1. The number of hydrogen-bond acceptors (Lipinski definition) is 3. The van der Waals surface area contributed by atoms with Crippen molar-refractivity contribution in [2.75, 3.05) is 5.32 Å². The van der Waals surface area contributed by atoms with E-state index in [1.54, 1.807) is 6.20 Å². The Kier molecular flexibility index (Phi) is 3.70. The third-order valence-electron chi connectivity index (χ3n) is 4.67. The molecule has 4 nitrogen and oxygen atoms in total. The summed E-state index contributed by atoms with van der Waals surface area (Å²) in [5.41, 5.74) is 1.47. The first kappa shape index (κ1) is 14.1. The molecule has 0 radical (unpaired) electrons. The number of nitrogens with one attached hydrogen (secondary N) is 1. The third kappa shape index (κ3) is 2.94. The van der Waals surface area contributed by atoms with E-state index in [2.05, 4.69) is 35.2 Å². The van der Waals surface area contributed by atoms with E-state index in [0.29, 0.717) is 11.5 Å². The number of aromatic nitrogens is 3. The maximum absolute atomic E-state index is 4.56. The van der Waals surface area contributed by atoms with Crippen molar-refractivity contribution in [3.05, 3.63) is 36.5 Å². The van der Waals surface area contributed by atoms with Crippen molar-refractivity contribution >= 4 is 5.69 Å². The lowest BCUT2D eigenvalue weighted by molar-refractivity contribution is 0.217. The smallest absolute Gasteiger partial charge is 0.138 e. The van der Waals surface area contributed by atoms with E-state index in [0.717, 1.165) is 17.3 Å². The quantitative estimate of drug-likeness (QED) is 0.927. The zero-order valence-corrected chi connectivity index (χ0v) is 13.1. The number of rotatable bonds is 3. The summed E-state index contributed by atoms with van der Waals surface area (Å²) in [5.74, 6) is 1.87. The highest BCUT2D eigenvalue weighted by molar-refractivity contribution is 5.45. The Balaban J connectivity index is 1.74. The summed E-state index contributed by atoms with van der Waals surface area (Å²) in [6, 6.07) is 4.70. The molecular weight excluding hydrogens is 260 g/mol. The normalized spacial score (nSPS) is 21.2. The maximum Gasteiger partial charge on any atom is 0.138 e. The van der Waals surface area contributed by atoms with Crippen LogP contribution in [0, 0.1) is 12.3 Å². The molecule has 1 fully saturated rings. The average molecular weight is 284 g/mol. The zero-order chi connectivity index (χ0) is 14.9. The second-order valence-corrected chi connectivity index (χ2v) is 6.68. The highest BCUT2D eigenvalue weighted by Gasteiger charge is 2.31. The first-order valence-corrected chi connectivity index (χ1v) is 7.79. The molecule has 0 aliphatic heterocycles. The van der Waals surface area contributed by atoms with Gasteiger partial charge in [0.15, 0.2) is 0 Å². The first-order chi connectivity index (χ1) is 10.1. The maximum atomic E-state index is 4.56. The van der Waals surface area contributed by atoms with Gasteiger partial charge in [-0.3, -0.25) is 4.57 Å². The molecule has 21 heavy (non-hydrogen) atoms. The standard InChI is InChI=1S/C17H24N4/c1-13-18-10-11-21(13)16-8-7-14(12-19-16)20-15-6-4-5-9-17(15,2)3/h7-8,10-12,15,20H,4-6,9H2,1-3H3. The highest BCUT2D eigenvalue weighted by Crippen LogP contribution is 2.37. The van der Waals surface area contributed by atoms with Gasteiger partial charge >= 0.3 is 0 Å². The minimum absolute atomic E-state index is 0.359. The molecule has 2 heterocycles. The molecule has 0 bridgehead atoms. The van der Waals surface area contributed by atoms with E-state index in [-0.39, 0.29) is 0 Å². The van der Waals surface area contributed by atoms with Crippen LogP contribution in [-0.2, 0) is 0 Å². The molecule has 3 rings (SSSR count). The summed E-state index contributed by atoms with van der Waals surface area (Å²) in [6.45, 7) is 6.71. The van der Waals surface area contributed by atoms with Crippen LogP contribution in [0.4, 0.5) is 5.69 Å². The number of imidazole rings is 1. The highest BCUT2D eigenvalue weighted by atomic mass is 15.1. The molecule has 0 spiro atoms. The van der Waals surface area contributed by atoms with Crippen LogP contribution in [0.2, 0.25) is 0 Å². The van der Waals surface area contributed by atoms with Crippen LogP contribution in [-0.4, -0.2) is 20.6 Å². The summed E-state index contributed by atoms with van der Waals surface area (Å²) in [5, 5.41) is 3.67. The van der Waals surface area contributed by atoms with Gasteiger partial charge in [-0.15, -0.1) is 0 Å². The summed E-state index contributed by atoms with van der Waals surface area (Å²) in [6.07, 6.45) is 10.9. The number of hydrogen-bond donors (Lipinski definition) is 1. The van der Waals surface area contributed by atoms with E-state index in [1.165, 1.54) is 25.7 Å². The number of nitrogens with zero attached hydrogens (tertiary/aromatic N) is 3. The van der Waals surface area contributed by atoms with Crippen molar-refractivity contribution in [1.82, 2.24) is 14.5 Å². The van der Waals surface area contributed by atoms with Crippen LogP contribution >= 0.6 is 0 Å². The molecule has 1 saturated carbocycles. The van der Waals surface area contributed by atoms with E-state index in [9.17, 15) is 0 Å². The third-order valence-corrected chi connectivity index (χ3v) is 4.67. The lowest BCUT2D eigenvalue weighted by Crippen LogP contribution is -2.38. The Morgan fingerprint density at radius 3 is 2.71 bits per heavy atom. The zero-order valence-electron chi connectivity index (χ0n) is 13.1. The van der Waals surface area contributed by atoms with E-state index >= 15 is 0 Å². The first-order valence-electron chi connectivity index (χ1n) is 7.79. The molecule has 1 N–H and O–H groups in total. The number of anilines is 1. The van der Waals surface area contributed by atoms with Crippen molar-refractivity contribution < 1.29 is 0 Å². The van der Waals surface area contributed by atoms with Gasteiger partial charge in [0, 0.05) is 18.4 Å². The molecule has 2 aromatic rings. The van der Waals surface area contributed by atoms with Gasteiger partial charge in [-0.05, 0) is 37.3 Å². The lowest BCUT2D eigenvalue weighted by atomic mass is 9.73. The molecule has 1 unspecified atom stereocenters. The van der Waals surface area contributed by atoms with Gasteiger partial charge in [-0.1, -0.05) is 26.7 Å². The Morgan fingerprint density at radius 1 is 1.24 bits per heavy atom. The van der Waals surface area contributed by atoms with Crippen molar-refractivity contribution in [3.8, 4) is 5.82 Å². The predicted octanol–water partition coefficient (Wildman–Crippen LogP) is 3.96. The summed E-state index contributed by atoms with van der Waals surface area (Å²) < 4.78 is 1.99. The van der Waals surface area contributed by atoms with Crippen LogP contribution in [0.15, 0.2) is 30.7 Å². The van der Waals surface area contributed by atoms with Crippen LogP contribution in [0.3, 0.4) is 0 Å². The van der Waals surface area contributed by atoms with Crippen LogP contribution in [0.5, 0.6) is 0 Å². The molecule has 2 aromatic heterocycles. The van der Waals surface area contributed by atoms with Crippen molar-refractivity contribution in [3.63, 3.8) is 0 Å². The van der Waals surface area contributed by atoms with Crippen molar-refractivity contribution in [2.24, 2.45) is 5.41 Å². The Bertz CT molecular complexity index is 598. The molecule has 0 aromatic carbocycles. The van der Waals surface area contributed by atoms with Gasteiger partial charge < -0.3 is 5.32 Å². The van der Waals surface area contributed by atoms with Crippen molar-refractivity contribution in [2.45, 2.75) is 52.5 Å². The number of aryl methyl sites for hydroxylation is 1. The fourth-order valence-electron chi connectivity index (χ4n) is 3.20. The summed E-state index contributed by atoms with van der Waals surface area (Å²) >= 11 is 0. The average Bonchev–Trinajstić information content (AvgIpc) is 2.88. The van der Waals surface area contributed by atoms with E-state index < -0.39 is 0 Å². The fourth-order valence-corrected chi connectivity index (χ4v) is 3.20. The van der Waals surface area contributed by atoms with Crippen molar-refractivity contribution in [1.29, 1.82) is 0 Å². The molecular formula is C17H24N4. The van der Waals surface area contributed by atoms with Gasteiger partial charge in [-0.25, -0.2) is 9.97 Å². The molecule has 0 saturated heterocycles. The monoisotopic (exact) mass is 284 g/mol. The molecule has 4 heteroatoms. The van der Waals surface area contributed by atoms with Gasteiger partial charge in [0.05, 0.1) is 11.9 Å². The van der Waals surface area contributed by atoms with Gasteiger partial charge in [0.25, 0.3) is 0 Å². The molecule has 1 aliphatic rings. The molecule has 1 atom stereocenters. The predicted molar refractivity (Wildman–Crippen MR) is 85.8 cm³/mol. The van der Waals surface area contributed by atoms with E-state index in [1.807, 2.05) is 30.0 Å². The Labute approximate surface area is 126 Å². The van der Waals surface area contributed by atoms with Gasteiger partial charge in [0.1, 0.15) is 11.6 Å². The van der Waals surface area contributed by atoms with Crippen LogP contribution < -0.4 is 5.32 Å². The second kappa shape index (κ2) is 5.51. The molecule has 112 valence electrons. The van der Waals surface area contributed by atoms with Gasteiger partial charge in [-0.2, -0.15) is 0 Å². The Hall–Kier alpha value is -1.84. The van der Waals surface area contributed by atoms with E-state index in [4.69, 9.17) is 0 Å². The van der Waals surface area contributed by atoms with Gasteiger partial charge in [0.2, 0.25) is 0 Å². The minimum atomic E-state index is 0.359. The summed E-state index contributed by atoms with van der Waals surface area (Å²) in [4.78, 5) is 8.79. The summed E-state index contributed by atoms with van der Waals surface area (Å²) in [7, 11) is 0. The Morgan fingerprint density at radius 2 is 2.10 bits per heavy atom. The lowest BCUT2D eigenvalue weighted by Gasteiger charge is -2.39. The largest absolute Gasteiger partial charge is 0.381 e. The fraction of sp³-hybridized carbons (Fsp3) is 0.529. The second-order valence-electron chi connectivity index (χ2n) is 6.68. The molecule has 0 amide bonds. The SMILES string of the molecule is Cc1nccn1-c1ccc(NC2CCCCC2(C)C)cn1. The molecule has 1 aliphatic carbocycles.